The lowest BCUT2D eigenvalue weighted by Crippen LogP contribution is -2.44. The lowest BCUT2D eigenvalue weighted by molar-refractivity contribution is 0.0459. The lowest BCUT2D eigenvalue weighted by atomic mass is 10.2. The van der Waals surface area contributed by atoms with Crippen molar-refractivity contribution < 1.29 is 14.3 Å². The molecule has 132 valence electrons. The molecule has 1 aromatic carbocycles. The normalized spacial score (nSPS) is 18.8. The van der Waals surface area contributed by atoms with Gasteiger partial charge in [0.1, 0.15) is 12.3 Å². The maximum atomic E-state index is 12.9. The third kappa shape index (κ3) is 3.48. The highest BCUT2D eigenvalue weighted by molar-refractivity contribution is 5.92. The van der Waals surface area contributed by atoms with Gasteiger partial charge in [0.05, 0.1) is 6.54 Å². The summed E-state index contributed by atoms with van der Waals surface area (Å²) in [5.41, 5.74) is 1.57. The minimum absolute atomic E-state index is 0.0486. The fourth-order valence-corrected chi connectivity index (χ4v) is 3.16. The molecule has 25 heavy (non-hydrogen) atoms. The molecule has 1 amide bonds. The van der Waals surface area contributed by atoms with E-state index < -0.39 is 0 Å². The van der Waals surface area contributed by atoms with Crippen molar-refractivity contribution in [3.63, 3.8) is 0 Å². The second-order valence-electron chi connectivity index (χ2n) is 6.73. The predicted octanol–water partition coefficient (Wildman–Crippen LogP) is 2.98. The minimum atomic E-state index is -0.174. The third-order valence-electron chi connectivity index (χ3n) is 4.61. The Balaban J connectivity index is 1.44. The van der Waals surface area contributed by atoms with Gasteiger partial charge < -0.3 is 14.4 Å². The van der Waals surface area contributed by atoms with Crippen LogP contribution in [0.1, 0.15) is 48.3 Å². The van der Waals surface area contributed by atoms with E-state index >= 15 is 0 Å². The number of carbonyl (C=O) groups excluding carboxylic acids is 1. The molecule has 1 aromatic heterocycles. The van der Waals surface area contributed by atoms with E-state index in [1.165, 1.54) is 12.8 Å². The van der Waals surface area contributed by atoms with E-state index in [1.807, 2.05) is 35.2 Å². The highest BCUT2D eigenvalue weighted by atomic mass is 16.6. The van der Waals surface area contributed by atoms with Crippen LogP contribution < -0.4 is 9.47 Å². The fraction of sp³-hybridized carbons (Fsp3) is 0.474. The first-order chi connectivity index (χ1) is 12.2. The number of aromatic nitrogens is 2. The van der Waals surface area contributed by atoms with Crippen molar-refractivity contribution in [1.29, 1.82) is 0 Å². The van der Waals surface area contributed by atoms with Crippen molar-refractivity contribution in [2.75, 3.05) is 19.7 Å². The Morgan fingerprint density at radius 1 is 1.32 bits per heavy atom. The molecule has 6 nitrogen and oxygen atoms in total. The van der Waals surface area contributed by atoms with E-state index in [2.05, 4.69) is 17.1 Å². The van der Waals surface area contributed by atoms with Crippen molar-refractivity contribution in [2.24, 2.45) is 0 Å². The highest BCUT2D eigenvalue weighted by Gasteiger charge is 2.29. The van der Waals surface area contributed by atoms with Crippen LogP contribution in [0.2, 0.25) is 0 Å². The number of amides is 1. The second kappa shape index (κ2) is 6.78. The Hall–Kier alpha value is -2.50. The van der Waals surface area contributed by atoms with Gasteiger partial charge in [-0.05, 0) is 37.5 Å². The molecule has 0 spiro atoms. The van der Waals surface area contributed by atoms with Crippen LogP contribution in [0.5, 0.6) is 11.5 Å². The highest BCUT2D eigenvalue weighted by Crippen LogP contribution is 2.39. The van der Waals surface area contributed by atoms with Crippen LogP contribution >= 0.6 is 0 Å². The number of ether oxygens (including phenoxy) is 2. The van der Waals surface area contributed by atoms with Crippen molar-refractivity contribution in [3.8, 4) is 11.5 Å². The largest absolute Gasteiger partial charge is 0.486 e. The number of aromatic amines is 1. The van der Waals surface area contributed by atoms with Crippen LogP contribution in [0, 0.1) is 0 Å². The van der Waals surface area contributed by atoms with E-state index in [0.717, 1.165) is 23.6 Å². The number of H-pyrrole nitrogens is 1. The van der Waals surface area contributed by atoms with E-state index in [4.69, 9.17) is 9.47 Å². The number of rotatable bonds is 6. The molecule has 1 atom stereocenters. The van der Waals surface area contributed by atoms with Gasteiger partial charge in [0.2, 0.25) is 0 Å². The topological polar surface area (TPSA) is 67.5 Å². The molecule has 0 saturated heterocycles. The monoisotopic (exact) mass is 341 g/mol. The molecule has 2 aliphatic rings. The van der Waals surface area contributed by atoms with Gasteiger partial charge in [0.15, 0.2) is 17.6 Å². The third-order valence-corrected chi connectivity index (χ3v) is 4.61. The summed E-state index contributed by atoms with van der Waals surface area (Å²) in [6, 6.07) is 9.52. The van der Waals surface area contributed by atoms with Gasteiger partial charge in [-0.25, -0.2) is 0 Å². The number of nitrogens with zero attached hydrogens (tertiary/aromatic N) is 2. The number of nitrogens with one attached hydrogen (secondary N) is 1. The maximum Gasteiger partial charge on any atom is 0.274 e. The molecular weight excluding hydrogens is 318 g/mol. The van der Waals surface area contributed by atoms with Crippen LogP contribution in [0.4, 0.5) is 0 Å². The second-order valence-corrected chi connectivity index (χ2v) is 6.73. The zero-order valence-corrected chi connectivity index (χ0v) is 14.4. The molecular formula is C19H23N3O3. The molecule has 0 bridgehead atoms. The fourth-order valence-electron chi connectivity index (χ4n) is 3.16. The summed E-state index contributed by atoms with van der Waals surface area (Å²) in [7, 11) is 0. The summed E-state index contributed by atoms with van der Waals surface area (Å²) in [4.78, 5) is 14.7. The molecule has 0 radical (unpaired) electrons. The number of carbonyl (C=O) groups is 1. The molecule has 2 heterocycles. The smallest absolute Gasteiger partial charge is 0.274 e. The first-order valence-electron chi connectivity index (χ1n) is 8.97. The summed E-state index contributed by atoms with van der Waals surface area (Å²) in [5.74, 6) is 2.00. The predicted molar refractivity (Wildman–Crippen MR) is 93.1 cm³/mol. The average Bonchev–Trinajstić information content (AvgIpc) is 3.37. The number of hydrogen-bond acceptors (Lipinski definition) is 4. The molecule has 1 fully saturated rings. The zero-order valence-electron chi connectivity index (χ0n) is 14.4. The summed E-state index contributed by atoms with van der Waals surface area (Å²) < 4.78 is 11.8. The van der Waals surface area contributed by atoms with Gasteiger partial charge in [-0.15, -0.1) is 0 Å². The van der Waals surface area contributed by atoms with E-state index in [-0.39, 0.29) is 12.0 Å². The Morgan fingerprint density at radius 2 is 2.12 bits per heavy atom. The number of para-hydroxylation sites is 2. The van der Waals surface area contributed by atoms with Crippen LogP contribution in [0.15, 0.2) is 30.3 Å². The molecule has 4 rings (SSSR count). The van der Waals surface area contributed by atoms with Gasteiger partial charge in [-0.1, -0.05) is 19.1 Å². The first kappa shape index (κ1) is 16.0. The average molecular weight is 341 g/mol. The van der Waals surface area contributed by atoms with Crippen LogP contribution in [0.3, 0.4) is 0 Å². The summed E-state index contributed by atoms with van der Waals surface area (Å²) in [6.07, 6.45) is 3.07. The van der Waals surface area contributed by atoms with Crippen molar-refractivity contribution in [3.05, 3.63) is 41.7 Å². The first-order valence-corrected chi connectivity index (χ1v) is 8.97. The van der Waals surface area contributed by atoms with Crippen LogP contribution in [0.25, 0.3) is 0 Å². The quantitative estimate of drug-likeness (QED) is 0.877. The molecule has 1 N–H and O–H groups in total. The van der Waals surface area contributed by atoms with Crippen LogP contribution in [-0.4, -0.2) is 46.8 Å². The minimum Gasteiger partial charge on any atom is -0.486 e. The zero-order chi connectivity index (χ0) is 17.2. The molecule has 1 saturated carbocycles. The number of hydrogen-bond donors (Lipinski definition) is 1. The van der Waals surface area contributed by atoms with Crippen molar-refractivity contribution >= 4 is 5.91 Å². The molecule has 1 aliphatic carbocycles. The van der Waals surface area contributed by atoms with E-state index in [9.17, 15) is 4.79 Å². The van der Waals surface area contributed by atoms with Crippen LogP contribution in [-0.2, 0) is 0 Å². The number of benzene rings is 1. The molecule has 1 aliphatic heterocycles. The Morgan fingerprint density at radius 3 is 2.88 bits per heavy atom. The Kier molecular flexibility index (Phi) is 4.34. The summed E-state index contributed by atoms with van der Waals surface area (Å²) in [5, 5.41) is 7.23. The Bertz CT molecular complexity index is 754. The number of fused-ring (bicyclic) bond motifs is 1. The maximum absolute atomic E-state index is 12.9. The van der Waals surface area contributed by atoms with Gasteiger partial charge in [-0.3, -0.25) is 9.89 Å². The summed E-state index contributed by atoms with van der Waals surface area (Å²) >= 11 is 0. The Labute approximate surface area is 147 Å². The van der Waals surface area contributed by atoms with Crippen molar-refractivity contribution in [2.45, 2.75) is 38.2 Å². The molecule has 0 unspecified atom stereocenters. The van der Waals surface area contributed by atoms with Gasteiger partial charge in [0.25, 0.3) is 5.91 Å². The standard InChI is InChI=1S/C19H23N3O3/c1-2-9-22(19(23)16-10-15(20-21-16)13-7-8-13)11-14-12-24-17-5-3-4-6-18(17)25-14/h3-6,10,13-14H,2,7-9,11-12H2,1H3,(H,20,21)/t14-/m1/s1. The van der Waals surface area contributed by atoms with E-state index in [1.54, 1.807) is 0 Å². The molecule has 6 heteroatoms. The lowest BCUT2D eigenvalue weighted by Gasteiger charge is -2.31. The SMILES string of the molecule is CCCN(C[C@@H]1COc2ccccc2O1)C(=O)c1cc(C2CC2)[nH]n1. The van der Waals surface area contributed by atoms with Crippen molar-refractivity contribution in [1.82, 2.24) is 15.1 Å². The molecule has 2 aromatic rings. The van der Waals surface area contributed by atoms with E-state index in [0.29, 0.717) is 31.3 Å². The van der Waals surface area contributed by atoms with Gasteiger partial charge in [-0.2, -0.15) is 5.10 Å². The van der Waals surface area contributed by atoms with Gasteiger partial charge in [0, 0.05) is 18.2 Å². The van der Waals surface area contributed by atoms with Gasteiger partial charge >= 0.3 is 0 Å². The summed E-state index contributed by atoms with van der Waals surface area (Å²) in [6.45, 7) is 3.67.